The number of benzene rings is 1. The summed E-state index contributed by atoms with van der Waals surface area (Å²) in [4.78, 5) is 0.411. The monoisotopic (exact) mass is 281 g/mol. The van der Waals surface area contributed by atoms with Crippen molar-refractivity contribution in [2.75, 3.05) is 6.54 Å². The molecule has 0 aromatic heterocycles. The molecule has 3 nitrogen and oxygen atoms in total. The molecule has 1 aliphatic heterocycles. The van der Waals surface area contributed by atoms with E-state index in [4.69, 9.17) is 0 Å². The number of hydrogen-bond donors (Lipinski definition) is 0. The van der Waals surface area contributed by atoms with Gasteiger partial charge in [0, 0.05) is 12.6 Å². The summed E-state index contributed by atoms with van der Waals surface area (Å²) in [7, 11) is -3.32. The first-order valence-corrected chi connectivity index (χ1v) is 8.29. The highest BCUT2D eigenvalue weighted by Gasteiger charge is 2.32. The SMILES string of the molecule is C[C@@H]1CCCN1S(=O)(=O)c1ccc(C(C)(C)C)cc1. The van der Waals surface area contributed by atoms with E-state index in [-0.39, 0.29) is 11.5 Å². The number of sulfonamides is 1. The molecule has 1 aliphatic rings. The maximum atomic E-state index is 12.5. The van der Waals surface area contributed by atoms with Crippen LogP contribution in [0.15, 0.2) is 29.2 Å². The summed E-state index contributed by atoms with van der Waals surface area (Å²) in [5.74, 6) is 0. The van der Waals surface area contributed by atoms with E-state index in [2.05, 4.69) is 20.8 Å². The molecular weight excluding hydrogens is 258 g/mol. The fourth-order valence-electron chi connectivity index (χ4n) is 2.53. The molecule has 0 unspecified atom stereocenters. The minimum absolute atomic E-state index is 0.0449. The molecule has 0 amide bonds. The van der Waals surface area contributed by atoms with Crippen LogP contribution in [0.2, 0.25) is 0 Å². The average molecular weight is 281 g/mol. The molecule has 1 saturated heterocycles. The Bertz CT molecular complexity index is 541. The lowest BCUT2D eigenvalue weighted by Gasteiger charge is -2.22. The molecular formula is C15H23NO2S. The predicted molar refractivity (Wildman–Crippen MR) is 77.7 cm³/mol. The van der Waals surface area contributed by atoms with Gasteiger partial charge >= 0.3 is 0 Å². The van der Waals surface area contributed by atoms with E-state index >= 15 is 0 Å². The van der Waals surface area contributed by atoms with Crippen molar-refractivity contribution in [2.24, 2.45) is 0 Å². The molecule has 0 aliphatic carbocycles. The largest absolute Gasteiger partial charge is 0.243 e. The van der Waals surface area contributed by atoms with Gasteiger partial charge in [-0.15, -0.1) is 0 Å². The Morgan fingerprint density at radius 2 is 1.74 bits per heavy atom. The van der Waals surface area contributed by atoms with Gasteiger partial charge in [-0.3, -0.25) is 0 Å². The van der Waals surface area contributed by atoms with E-state index in [1.165, 1.54) is 0 Å². The fourth-order valence-corrected chi connectivity index (χ4v) is 4.23. The topological polar surface area (TPSA) is 37.4 Å². The van der Waals surface area contributed by atoms with E-state index in [9.17, 15) is 8.42 Å². The van der Waals surface area contributed by atoms with Crippen molar-refractivity contribution in [3.8, 4) is 0 Å². The van der Waals surface area contributed by atoms with Gasteiger partial charge in [0.05, 0.1) is 4.90 Å². The third-order valence-electron chi connectivity index (χ3n) is 3.82. The second-order valence-corrected chi connectivity index (χ2v) is 8.27. The highest BCUT2D eigenvalue weighted by Crippen LogP contribution is 2.28. The highest BCUT2D eigenvalue weighted by atomic mass is 32.2. The number of rotatable bonds is 2. The van der Waals surface area contributed by atoms with Gasteiger partial charge in [0.15, 0.2) is 0 Å². The summed E-state index contributed by atoms with van der Waals surface area (Å²) in [6.45, 7) is 9.00. The Balaban J connectivity index is 2.32. The minimum atomic E-state index is -3.32. The summed E-state index contributed by atoms with van der Waals surface area (Å²) in [6.07, 6.45) is 1.92. The Kier molecular flexibility index (Phi) is 3.76. The van der Waals surface area contributed by atoms with Gasteiger partial charge in [0.25, 0.3) is 0 Å². The second kappa shape index (κ2) is 4.91. The minimum Gasteiger partial charge on any atom is -0.207 e. The van der Waals surface area contributed by atoms with Gasteiger partial charge in [0.1, 0.15) is 0 Å². The van der Waals surface area contributed by atoms with Gasteiger partial charge < -0.3 is 0 Å². The normalized spacial score (nSPS) is 21.8. The molecule has 0 N–H and O–H groups in total. The number of hydrogen-bond acceptors (Lipinski definition) is 2. The number of nitrogens with zero attached hydrogens (tertiary/aromatic N) is 1. The maximum absolute atomic E-state index is 12.5. The van der Waals surface area contributed by atoms with Crippen LogP contribution in [-0.4, -0.2) is 25.3 Å². The van der Waals surface area contributed by atoms with Crippen molar-refractivity contribution < 1.29 is 8.42 Å². The lowest BCUT2D eigenvalue weighted by Crippen LogP contribution is -2.33. The van der Waals surface area contributed by atoms with Crippen LogP contribution in [0, 0.1) is 0 Å². The van der Waals surface area contributed by atoms with Crippen molar-refractivity contribution >= 4 is 10.0 Å². The van der Waals surface area contributed by atoms with Gasteiger partial charge in [0.2, 0.25) is 10.0 Å². The Morgan fingerprint density at radius 3 is 2.16 bits per heavy atom. The van der Waals surface area contributed by atoms with Gasteiger partial charge in [-0.2, -0.15) is 4.31 Å². The first kappa shape index (κ1) is 14.5. The third kappa shape index (κ3) is 2.84. The standard InChI is InChI=1S/C15H23NO2S/c1-12-6-5-11-16(12)19(17,18)14-9-7-13(8-10-14)15(2,3)4/h7-10,12H,5-6,11H2,1-4H3/t12-/m1/s1. The summed E-state index contributed by atoms with van der Waals surface area (Å²) in [5, 5.41) is 0. The third-order valence-corrected chi connectivity index (χ3v) is 5.85. The van der Waals surface area contributed by atoms with E-state index in [1.807, 2.05) is 19.1 Å². The molecule has 106 valence electrons. The molecule has 1 aromatic rings. The van der Waals surface area contributed by atoms with Gasteiger partial charge in [-0.1, -0.05) is 32.9 Å². The van der Waals surface area contributed by atoms with Crippen molar-refractivity contribution in [1.82, 2.24) is 4.31 Å². The lowest BCUT2D eigenvalue weighted by molar-refractivity contribution is 0.408. The van der Waals surface area contributed by atoms with Crippen molar-refractivity contribution in [2.45, 2.75) is 56.9 Å². The Hall–Kier alpha value is -0.870. The van der Waals surface area contributed by atoms with E-state index in [1.54, 1.807) is 16.4 Å². The van der Waals surface area contributed by atoms with Crippen LogP contribution in [0.3, 0.4) is 0 Å². The molecule has 0 bridgehead atoms. The van der Waals surface area contributed by atoms with Crippen molar-refractivity contribution in [3.05, 3.63) is 29.8 Å². The van der Waals surface area contributed by atoms with Crippen molar-refractivity contribution in [1.29, 1.82) is 0 Å². The maximum Gasteiger partial charge on any atom is 0.243 e. The lowest BCUT2D eigenvalue weighted by atomic mass is 9.87. The molecule has 0 radical (unpaired) electrons. The van der Waals surface area contributed by atoms with Crippen LogP contribution < -0.4 is 0 Å². The molecule has 1 aromatic carbocycles. The van der Waals surface area contributed by atoms with Gasteiger partial charge in [-0.05, 0) is 42.9 Å². The summed E-state index contributed by atoms with van der Waals surface area (Å²) < 4.78 is 26.7. The predicted octanol–water partition coefficient (Wildman–Crippen LogP) is 3.16. The molecule has 19 heavy (non-hydrogen) atoms. The van der Waals surface area contributed by atoms with Crippen LogP contribution in [-0.2, 0) is 15.4 Å². The smallest absolute Gasteiger partial charge is 0.207 e. The molecule has 4 heteroatoms. The zero-order valence-corrected chi connectivity index (χ0v) is 13.0. The zero-order valence-electron chi connectivity index (χ0n) is 12.2. The summed E-state index contributed by atoms with van der Waals surface area (Å²) >= 11 is 0. The first-order chi connectivity index (χ1) is 8.73. The van der Waals surface area contributed by atoms with Gasteiger partial charge in [-0.25, -0.2) is 8.42 Å². The Morgan fingerprint density at radius 1 is 1.16 bits per heavy atom. The van der Waals surface area contributed by atoms with Crippen LogP contribution in [0.25, 0.3) is 0 Å². The average Bonchev–Trinajstić information content (AvgIpc) is 2.75. The molecule has 0 saturated carbocycles. The summed E-state index contributed by atoms with van der Waals surface area (Å²) in [5.41, 5.74) is 1.20. The van der Waals surface area contributed by atoms with E-state index < -0.39 is 10.0 Å². The molecule has 1 atom stereocenters. The molecule has 2 rings (SSSR count). The van der Waals surface area contributed by atoms with Crippen LogP contribution in [0.1, 0.15) is 46.1 Å². The van der Waals surface area contributed by atoms with Crippen LogP contribution in [0.5, 0.6) is 0 Å². The first-order valence-electron chi connectivity index (χ1n) is 6.85. The quantitative estimate of drug-likeness (QED) is 0.835. The van der Waals surface area contributed by atoms with Crippen LogP contribution in [0.4, 0.5) is 0 Å². The molecule has 1 heterocycles. The van der Waals surface area contributed by atoms with E-state index in [0.717, 1.165) is 18.4 Å². The van der Waals surface area contributed by atoms with Crippen molar-refractivity contribution in [3.63, 3.8) is 0 Å². The molecule has 1 fully saturated rings. The second-order valence-electron chi connectivity index (χ2n) is 6.38. The summed E-state index contributed by atoms with van der Waals surface area (Å²) in [6, 6.07) is 7.44. The fraction of sp³-hybridized carbons (Fsp3) is 0.600. The Labute approximate surface area is 116 Å². The molecule has 0 spiro atoms. The zero-order chi connectivity index (χ0) is 14.3. The highest BCUT2D eigenvalue weighted by molar-refractivity contribution is 7.89. The van der Waals surface area contributed by atoms with Crippen LogP contribution >= 0.6 is 0 Å². The van der Waals surface area contributed by atoms with E-state index in [0.29, 0.717) is 11.4 Å².